The highest BCUT2D eigenvalue weighted by Crippen LogP contribution is 2.58. The van der Waals surface area contributed by atoms with E-state index in [-0.39, 0.29) is 6.42 Å². The van der Waals surface area contributed by atoms with E-state index in [1.54, 1.807) is 0 Å². The van der Waals surface area contributed by atoms with Crippen molar-refractivity contribution in [1.82, 2.24) is 0 Å². The fraction of sp³-hybridized carbons (Fsp3) is 0.800. The van der Waals surface area contributed by atoms with Crippen molar-refractivity contribution in [3.05, 3.63) is 0 Å². The van der Waals surface area contributed by atoms with E-state index < -0.39 is 11.3 Å². The predicted octanol–water partition coefficient (Wildman–Crippen LogP) is 1.49. The van der Waals surface area contributed by atoms with Crippen LogP contribution >= 0.6 is 0 Å². The lowest BCUT2D eigenvalue weighted by molar-refractivity contribution is 0.0898. The molecule has 0 aromatic carbocycles. The van der Waals surface area contributed by atoms with Crippen LogP contribution in [0.2, 0.25) is 0 Å². The Morgan fingerprint density at radius 3 is 2.22 bits per heavy atom. The maximum Gasteiger partial charge on any atom is 0.259 e. The molecule has 1 aliphatic carbocycles. The summed E-state index contributed by atoms with van der Waals surface area (Å²) in [6.07, 6.45) is 0.678. The Bertz CT molecular complexity index is 157. The molecular formula is C5H7F2NO. The molecule has 1 saturated carbocycles. The molecule has 1 atom stereocenters. The Morgan fingerprint density at radius 2 is 2.11 bits per heavy atom. The molecule has 0 radical (unpaired) electrons. The second-order valence-corrected chi connectivity index (χ2v) is 2.54. The van der Waals surface area contributed by atoms with E-state index in [0.29, 0.717) is 0 Å². The third-order valence-electron chi connectivity index (χ3n) is 1.64. The first kappa shape index (κ1) is 6.45. The molecule has 0 aromatic heterocycles. The van der Waals surface area contributed by atoms with Gasteiger partial charge in [-0.3, -0.25) is 0 Å². The molecule has 2 nitrogen and oxygen atoms in total. The number of hydrogen-bond acceptors (Lipinski definition) is 2. The molecule has 9 heavy (non-hydrogen) atoms. The Morgan fingerprint density at radius 1 is 1.67 bits per heavy atom. The van der Waals surface area contributed by atoms with Crippen LogP contribution in [-0.4, -0.2) is 17.3 Å². The molecular weight excluding hydrogens is 128 g/mol. The Labute approximate surface area is 51.2 Å². The van der Waals surface area contributed by atoms with Gasteiger partial charge in [0.2, 0.25) is 0 Å². The summed E-state index contributed by atoms with van der Waals surface area (Å²) in [4.78, 5) is 0. The summed E-state index contributed by atoms with van der Waals surface area (Å²) in [6, 6.07) is 0. The van der Waals surface area contributed by atoms with Gasteiger partial charge >= 0.3 is 0 Å². The van der Waals surface area contributed by atoms with E-state index in [9.17, 15) is 8.78 Å². The van der Waals surface area contributed by atoms with Gasteiger partial charge in [0.1, 0.15) is 0 Å². The van der Waals surface area contributed by atoms with Crippen molar-refractivity contribution >= 4 is 6.21 Å². The largest absolute Gasteiger partial charge is 0.411 e. The minimum absolute atomic E-state index is 0.204. The molecule has 0 heterocycles. The summed E-state index contributed by atoms with van der Waals surface area (Å²) in [6.45, 7) is 1.35. The first-order valence-electron chi connectivity index (χ1n) is 2.58. The monoisotopic (exact) mass is 135 g/mol. The van der Waals surface area contributed by atoms with Gasteiger partial charge in [-0.1, -0.05) is 0 Å². The number of nitrogens with zero attached hydrogens (tertiary/aromatic N) is 1. The standard InChI is InChI=1S/C5H7F2NO/c1-4(3-8-9)2-5(4,6)7/h3,9H,2H2,1H3/b8-3+. The van der Waals surface area contributed by atoms with Crippen molar-refractivity contribution in [2.45, 2.75) is 19.3 Å². The minimum atomic E-state index is -2.65. The van der Waals surface area contributed by atoms with Crippen LogP contribution < -0.4 is 0 Å². The Balaban J connectivity index is 2.63. The van der Waals surface area contributed by atoms with Crippen molar-refractivity contribution in [3.63, 3.8) is 0 Å². The molecule has 0 bridgehead atoms. The van der Waals surface area contributed by atoms with Gasteiger partial charge in [0.05, 0.1) is 11.6 Å². The lowest BCUT2D eigenvalue weighted by Gasteiger charge is -1.97. The molecule has 0 aromatic rings. The van der Waals surface area contributed by atoms with Gasteiger partial charge in [-0.2, -0.15) is 0 Å². The summed E-state index contributed by atoms with van der Waals surface area (Å²) in [7, 11) is 0. The fourth-order valence-corrected chi connectivity index (χ4v) is 0.685. The molecule has 4 heteroatoms. The highest BCUT2D eigenvalue weighted by Gasteiger charge is 2.67. The van der Waals surface area contributed by atoms with Crippen molar-refractivity contribution in [2.75, 3.05) is 0 Å². The van der Waals surface area contributed by atoms with E-state index in [2.05, 4.69) is 5.16 Å². The van der Waals surface area contributed by atoms with Gasteiger partial charge in [-0.25, -0.2) is 8.78 Å². The van der Waals surface area contributed by atoms with Crippen LogP contribution in [0.1, 0.15) is 13.3 Å². The van der Waals surface area contributed by atoms with Crippen molar-refractivity contribution < 1.29 is 14.0 Å². The Kier molecular flexibility index (Phi) is 1.03. The van der Waals surface area contributed by atoms with Gasteiger partial charge in [0.15, 0.2) is 0 Å². The lowest BCUT2D eigenvalue weighted by Crippen LogP contribution is -2.07. The van der Waals surface area contributed by atoms with Gasteiger partial charge in [0, 0.05) is 6.42 Å². The van der Waals surface area contributed by atoms with Gasteiger partial charge in [-0.05, 0) is 6.92 Å². The average molecular weight is 135 g/mol. The van der Waals surface area contributed by atoms with Gasteiger partial charge in [0.25, 0.3) is 5.92 Å². The minimum Gasteiger partial charge on any atom is -0.411 e. The van der Waals surface area contributed by atoms with Gasteiger partial charge < -0.3 is 5.21 Å². The van der Waals surface area contributed by atoms with E-state index in [4.69, 9.17) is 5.21 Å². The molecule has 1 N–H and O–H groups in total. The van der Waals surface area contributed by atoms with Crippen LogP contribution in [0.25, 0.3) is 0 Å². The maximum atomic E-state index is 12.2. The van der Waals surface area contributed by atoms with E-state index in [1.807, 2.05) is 0 Å². The quantitative estimate of drug-likeness (QED) is 0.330. The zero-order valence-electron chi connectivity index (χ0n) is 4.93. The molecule has 1 rings (SSSR count). The summed E-state index contributed by atoms with van der Waals surface area (Å²) < 4.78 is 24.3. The molecule has 1 unspecified atom stereocenters. The zero-order valence-corrected chi connectivity index (χ0v) is 4.93. The number of alkyl halides is 2. The van der Waals surface area contributed by atoms with Crippen LogP contribution in [-0.2, 0) is 0 Å². The van der Waals surface area contributed by atoms with Crippen LogP contribution in [0.5, 0.6) is 0 Å². The summed E-state index contributed by atoms with van der Waals surface area (Å²) in [5, 5.41) is 10.5. The normalized spacial score (nSPS) is 39.4. The Hall–Kier alpha value is -0.670. The SMILES string of the molecule is CC1(/C=N/O)CC1(F)F. The fourth-order valence-electron chi connectivity index (χ4n) is 0.685. The molecule has 1 aliphatic rings. The lowest BCUT2D eigenvalue weighted by atomic mass is 10.2. The highest BCUT2D eigenvalue weighted by atomic mass is 19.3. The van der Waals surface area contributed by atoms with Gasteiger partial charge in [-0.15, -0.1) is 5.16 Å². The van der Waals surface area contributed by atoms with Crippen molar-refractivity contribution in [3.8, 4) is 0 Å². The van der Waals surface area contributed by atoms with Crippen LogP contribution in [0.4, 0.5) is 8.78 Å². The molecule has 0 spiro atoms. The molecule has 0 aliphatic heterocycles. The van der Waals surface area contributed by atoms with E-state index in [1.165, 1.54) is 6.92 Å². The zero-order chi connectivity index (χ0) is 7.12. The second-order valence-electron chi connectivity index (χ2n) is 2.54. The van der Waals surface area contributed by atoms with E-state index >= 15 is 0 Å². The summed E-state index contributed by atoms with van der Waals surface area (Å²) >= 11 is 0. The smallest absolute Gasteiger partial charge is 0.259 e. The topological polar surface area (TPSA) is 32.6 Å². The van der Waals surface area contributed by atoms with Crippen LogP contribution in [0.15, 0.2) is 5.16 Å². The molecule has 52 valence electrons. The number of oxime groups is 1. The maximum absolute atomic E-state index is 12.2. The molecule has 1 fully saturated rings. The van der Waals surface area contributed by atoms with Crippen molar-refractivity contribution in [1.29, 1.82) is 0 Å². The first-order chi connectivity index (χ1) is 4.02. The first-order valence-corrected chi connectivity index (χ1v) is 2.58. The van der Waals surface area contributed by atoms with Crippen molar-refractivity contribution in [2.24, 2.45) is 10.6 Å². The number of halogens is 2. The predicted molar refractivity (Wildman–Crippen MR) is 27.9 cm³/mol. The number of hydrogen-bond donors (Lipinski definition) is 1. The second kappa shape index (κ2) is 1.43. The third kappa shape index (κ3) is 0.781. The number of rotatable bonds is 1. The highest BCUT2D eigenvalue weighted by molar-refractivity contribution is 5.71. The third-order valence-corrected chi connectivity index (χ3v) is 1.64. The average Bonchev–Trinajstić information content (AvgIpc) is 2.07. The van der Waals surface area contributed by atoms with Crippen LogP contribution in [0.3, 0.4) is 0 Å². The van der Waals surface area contributed by atoms with Crippen LogP contribution in [0, 0.1) is 5.41 Å². The molecule has 0 amide bonds. The summed E-state index contributed by atoms with van der Waals surface area (Å²) in [5.41, 5.74) is -1.18. The van der Waals surface area contributed by atoms with E-state index in [0.717, 1.165) is 6.21 Å². The molecule has 0 saturated heterocycles. The summed E-state index contributed by atoms with van der Waals surface area (Å²) in [5.74, 6) is -2.65.